The monoisotopic (exact) mass is 324 g/mol. The molecule has 0 heterocycles. The maximum atomic E-state index is 6.88. The summed E-state index contributed by atoms with van der Waals surface area (Å²) in [6, 6.07) is 21.5. The SMILES string of the molecule is C=CC[C@H](C)O[Si](c1ccccc1)(c1ccccc1)C(C)(C)C. The van der Waals surface area contributed by atoms with Crippen molar-refractivity contribution in [2.24, 2.45) is 0 Å². The van der Waals surface area contributed by atoms with Crippen LogP contribution in [-0.4, -0.2) is 14.4 Å². The van der Waals surface area contributed by atoms with E-state index in [0.29, 0.717) is 0 Å². The molecule has 2 heteroatoms. The van der Waals surface area contributed by atoms with Crippen LogP contribution < -0.4 is 10.4 Å². The van der Waals surface area contributed by atoms with E-state index in [4.69, 9.17) is 4.43 Å². The van der Waals surface area contributed by atoms with E-state index < -0.39 is 8.32 Å². The first-order chi connectivity index (χ1) is 10.9. The van der Waals surface area contributed by atoms with Gasteiger partial charge < -0.3 is 4.43 Å². The molecule has 122 valence electrons. The summed E-state index contributed by atoms with van der Waals surface area (Å²) in [5, 5.41) is 2.69. The molecule has 0 aliphatic heterocycles. The Bertz CT molecular complexity index is 574. The fourth-order valence-electron chi connectivity index (χ4n) is 3.28. The standard InChI is InChI=1S/C21H28OSi/c1-6-13-18(2)22-23(21(3,4)5,19-14-9-7-10-15-19)20-16-11-8-12-17-20/h6-12,14-18H,1,13H2,2-5H3/t18-/m0/s1. The largest absolute Gasteiger partial charge is 0.404 e. The number of hydrogen-bond donors (Lipinski definition) is 0. The lowest BCUT2D eigenvalue weighted by atomic mass is 10.2. The van der Waals surface area contributed by atoms with E-state index >= 15 is 0 Å². The Balaban J connectivity index is 2.67. The molecule has 0 aliphatic carbocycles. The molecule has 0 spiro atoms. The quantitative estimate of drug-likeness (QED) is 0.560. The predicted octanol–water partition coefficient (Wildman–Crippen LogP) is 4.53. The number of hydrogen-bond acceptors (Lipinski definition) is 1. The average molecular weight is 325 g/mol. The fraction of sp³-hybridized carbons (Fsp3) is 0.333. The van der Waals surface area contributed by atoms with Crippen molar-refractivity contribution in [2.45, 2.75) is 45.3 Å². The molecule has 2 aromatic carbocycles. The summed E-state index contributed by atoms with van der Waals surface area (Å²) in [6.07, 6.45) is 2.96. The van der Waals surface area contributed by atoms with Crippen LogP contribution in [0, 0.1) is 0 Å². The van der Waals surface area contributed by atoms with Gasteiger partial charge in [-0.05, 0) is 28.8 Å². The molecule has 0 amide bonds. The van der Waals surface area contributed by atoms with Crippen molar-refractivity contribution in [3.8, 4) is 0 Å². The van der Waals surface area contributed by atoms with Crippen molar-refractivity contribution in [1.29, 1.82) is 0 Å². The summed E-state index contributed by atoms with van der Waals surface area (Å²) in [4.78, 5) is 0. The predicted molar refractivity (Wildman–Crippen MR) is 103 cm³/mol. The summed E-state index contributed by atoms with van der Waals surface area (Å²) in [5.41, 5.74) is 0. The van der Waals surface area contributed by atoms with Gasteiger partial charge in [-0.25, -0.2) is 0 Å². The van der Waals surface area contributed by atoms with Crippen LogP contribution in [-0.2, 0) is 4.43 Å². The molecule has 0 aliphatic rings. The zero-order valence-corrected chi connectivity index (χ0v) is 15.8. The lowest BCUT2D eigenvalue weighted by Gasteiger charge is -2.44. The van der Waals surface area contributed by atoms with Crippen LogP contribution in [0.25, 0.3) is 0 Å². The van der Waals surface area contributed by atoms with Crippen LogP contribution in [0.5, 0.6) is 0 Å². The molecule has 0 bridgehead atoms. The Hall–Kier alpha value is -1.64. The minimum absolute atomic E-state index is 0.0329. The van der Waals surface area contributed by atoms with Gasteiger partial charge in [-0.2, -0.15) is 0 Å². The van der Waals surface area contributed by atoms with E-state index in [9.17, 15) is 0 Å². The summed E-state index contributed by atoms with van der Waals surface area (Å²) in [6.45, 7) is 12.9. The lowest BCUT2D eigenvalue weighted by molar-refractivity contribution is 0.210. The number of rotatable bonds is 6. The van der Waals surface area contributed by atoms with Gasteiger partial charge in [0.05, 0.1) is 0 Å². The Kier molecular flexibility index (Phi) is 5.61. The third-order valence-electron chi connectivity index (χ3n) is 4.29. The van der Waals surface area contributed by atoms with Gasteiger partial charge in [0.1, 0.15) is 0 Å². The first-order valence-electron chi connectivity index (χ1n) is 8.31. The van der Waals surface area contributed by atoms with Crippen molar-refractivity contribution < 1.29 is 4.43 Å². The van der Waals surface area contributed by atoms with Gasteiger partial charge >= 0.3 is 0 Å². The Morgan fingerprint density at radius 1 is 0.957 bits per heavy atom. The molecule has 0 radical (unpaired) electrons. The van der Waals surface area contributed by atoms with E-state index in [2.05, 4.69) is 94.9 Å². The van der Waals surface area contributed by atoms with Gasteiger partial charge in [-0.15, -0.1) is 6.58 Å². The minimum Gasteiger partial charge on any atom is -0.404 e. The molecule has 0 unspecified atom stereocenters. The molecule has 0 saturated heterocycles. The highest BCUT2D eigenvalue weighted by molar-refractivity contribution is 6.99. The van der Waals surface area contributed by atoms with E-state index in [1.54, 1.807) is 0 Å². The molecule has 2 aromatic rings. The van der Waals surface area contributed by atoms with Crippen LogP contribution in [0.4, 0.5) is 0 Å². The van der Waals surface area contributed by atoms with Crippen LogP contribution in [0.15, 0.2) is 73.3 Å². The molecule has 0 aromatic heterocycles. The molecule has 0 N–H and O–H groups in total. The Labute approximate surface area is 142 Å². The summed E-state index contributed by atoms with van der Waals surface area (Å²) >= 11 is 0. The maximum absolute atomic E-state index is 6.88. The highest BCUT2D eigenvalue weighted by Crippen LogP contribution is 2.37. The molecular weight excluding hydrogens is 296 g/mol. The maximum Gasteiger partial charge on any atom is 0.261 e. The highest BCUT2D eigenvalue weighted by atomic mass is 28.4. The average Bonchev–Trinajstić information content (AvgIpc) is 2.53. The second kappa shape index (κ2) is 7.29. The molecule has 23 heavy (non-hydrogen) atoms. The first-order valence-corrected chi connectivity index (χ1v) is 10.2. The van der Waals surface area contributed by atoms with Crippen molar-refractivity contribution in [1.82, 2.24) is 0 Å². The zero-order chi connectivity index (χ0) is 16.9. The van der Waals surface area contributed by atoms with E-state index in [0.717, 1.165) is 6.42 Å². The smallest absolute Gasteiger partial charge is 0.261 e. The van der Waals surface area contributed by atoms with Crippen LogP contribution in [0.2, 0.25) is 5.04 Å². The second-order valence-electron chi connectivity index (χ2n) is 7.12. The van der Waals surface area contributed by atoms with Gasteiger partial charge in [0.2, 0.25) is 0 Å². The normalized spacial score (nSPS) is 13.6. The van der Waals surface area contributed by atoms with Crippen LogP contribution >= 0.6 is 0 Å². The highest BCUT2D eigenvalue weighted by Gasteiger charge is 2.50. The topological polar surface area (TPSA) is 9.23 Å². The zero-order valence-electron chi connectivity index (χ0n) is 14.8. The van der Waals surface area contributed by atoms with Gasteiger partial charge in [0.25, 0.3) is 8.32 Å². The minimum atomic E-state index is -2.40. The van der Waals surface area contributed by atoms with Crippen molar-refractivity contribution in [3.05, 3.63) is 73.3 Å². The van der Waals surface area contributed by atoms with E-state index in [-0.39, 0.29) is 11.1 Å². The molecule has 2 rings (SSSR count). The lowest BCUT2D eigenvalue weighted by Crippen LogP contribution is -2.67. The van der Waals surface area contributed by atoms with Crippen molar-refractivity contribution in [3.63, 3.8) is 0 Å². The first kappa shape index (κ1) is 17.7. The third kappa shape index (κ3) is 3.65. The summed E-state index contributed by atoms with van der Waals surface area (Å²) < 4.78 is 6.88. The van der Waals surface area contributed by atoms with Gasteiger partial charge in [0.15, 0.2) is 0 Å². The fourth-order valence-corrected chi connectivity index (χ4v) is 7.99. The molecule has 0 saturated carbocycles. The van der Waals surface area contributed by atoms with Crippen molar-refractivity contribution in [2.75, 3.05) is 0 Å². The molecule has 0 fully saturated rings. The molecule has 1 nitrogen and oxygen atoms in total. The Morgan fingerprint density at radius 3 is 1.74 bits per heavy atom. The third-order valence-corrected chi connectivity index (χ3v) is 9.45. The van der Waals surface area contributed by atoms with Crippen LogP contribution in [0.1, 0.15) is 34.1 Å². The molecular formula is C21H28OSi. The number of benzene rings is 2. The summed E-state index contributed by atoms with van der Waals surface area (Å²) in [5.74, 6) is 0. The second-order valence-corrected chi connectivity index (χ2v) is 11.4. The van der Waals surface area contributed by atoms with Gasteiger partial charge in [-0.1, -0.05) is 87.5 Å². The van der Waals surface area contributed by atoms with Crippen molar-refractivity contribution >= 4 is 18.7 Å². The Morgan fingerprint density at radius 2 is 1.39 bits per heavy atom. The molecule has 1 atom stereocenters. The van der Waals surface area contributed by atoms with Gasteiger partial charge in [0, 0.05) is 6.10 Å². The van der Waals surface area contributed by atoms with E-state index in [1.165, 1.54) is 10.4 Å². The van der Waals surface area contributed by atoms with Gasteiger partial charge in [-0.3, -0.25) is 0 Å². The van der Waals surface area contributed by atoms with Crippen LogP contribution in [0.3, 0.4) is 0 Å². The summed E-state index contributed by atoms with van der Waals surface area (Å²) in [7, 11) is -2.40. The van der Waals surface area contributed by atoms with E-state index in [1.807, 2.05) is 6.08 Å².